The Balaban J connectivity index is 2.02. The van der Waals surface area contributed by atoms with E-state index in [1.54, 1.807) is 31.2 Å². The molecular weight excluding hydrogens is 242 g/mol. The number of ketones is 1. The maximum atomic E-state index is 11.7. The van der Waals surface area contributed by atoms with Gasteiger partial charge >= 0.3 is 0 Å². The van der Waals surface area contributed by atoms with Crippen molar-refractivity contribution < 1.29 is 14.3 Å². The van der Waals surface area contributed by atoms with E-state index >= 15 is 0 Å². The molecule has 2 rings (SSSR count). The van der Waals surface area contributed by atoms with Crippen molar-refractivity contribution >= 4 is 11.5 Å². The van der Waals surface area contributed by atoms with E-state index in [9.17, 15) is 9.90 Å². The molecule has 0 aliphatic carbocycles. The molecule has 0 atom stereocenters. The molecule has 4 heteroatoms. The molecule has 1 heterocycles. The van der Waals surface area contributed by atoms with Crippen LogP contribution in [0.1, 0.15) is 21.9 Å². The first kappa shape index (κ1) is 13.0. The Morgan fingerprint density at radius 2 is 2.05 bits per heavy atom. The number of rotatable bonds is 4. The summed E-state index contributed by atoms with van der Waals surface area (Å²) < 4.78 is 5.21. The summed E-state index contributed by atoms with van der Waals surface area (Å²) in [5.74, 6) is 0.905. The van der Waals surface area contributed by atoms with Crippen LogP contribution in [-0.2, 0) is 0 Å². The first-order chi connectivity index (χ1) is 9.06. The molecule has 0 aliphatic rings. The summed E-state index contributed by atoms with van der Waals surface area (Å²) >= 11 is 0. The SMILES string of the molecule is Cc1ccc(N/C=C/C(=O)c2ccc(C)o2)c(O)c1. The van der Waals surface area contributed by atoms with Crippen LogP contribution in [0.3, 0.4) is 0 Å². The normalized spacial score (nSPS) is 10.8. The van der Waals surface area contributed by atoms with E-state index in [1.807, 2.05) is 13.0 Å². The summed E-state index contributed by atoms with van der Waals surface area (Å²) in [5, 5.41) is 12.5. The van der Waals surface area contributed by atoms with E-state index < -0.39 is 0 Å². The minimum Gasteiger partial charge on any atom is -0.506 e. The van der Waals surface area contributed by atoms with Gasteiger partial charge in [-0.1, -0.05) is 6.07 Å². The Morgan fingerprint density at radius 3 is 2.68 bits per heavy atom. The zero-order valence-corrected chi connectivity index (χ0v) is 10.8. The lowest BCUT2D eigenvalue weighted by Crippen LogP contribution is -1.94. The molecule has 0 saturated carbocycles. The number of carbonyl (C=O) groups is 1. The summed E-state index contributed by atoms with van der Waals surface area (Å²) in [5.41, 5.74) is 1.51. The standard InChI is InChI=1S/C15H15NO3/c1-10-3-5-12(14(18)9-10)16-8-7-13(17)15-6-4-11(2)19-15/h3-9,16,18H,1-2H3/b8-7+. The third kappa shape index (κ3) is 3.25. The number of nitrogens with one attached hydrogen (secondary N) is 1. The number of phenolic OH excluding ortho intramolecular Hbond substituents is 1. The van der Waals surface area contributed by atoms with Crippen LogP contribution in [0.2, 0.25) is 0 Å². The smallest absolute Gasteiger partial charge is 0.222 e. The van der Waals surface area contributed by atoms with Crippen LogP contribution < -0.4 is 5.32 Å². The van der Waals surface area contributed by atoms with Crippen LogP contribution in [0.15, 0.2) is 47.0 Å². The van der Waals surface area contributed by atoms with E-state index in [-0.39, 0.29) is 11.5 Å². The van der Waals surface area contributed by atoms with Gasteiger partial charge in [-0.3, -0.25) is 4.79 Å². The van der Waals surface area contributed by atoms with Crippen molar-refractivity contribution in [3.63, 3.8) is 0 Å². The molecular formula is C15H15NO3. The molecule has 2 aromatic rings. The summed E-state index contributed by atoms with van der Waals surface area (Å²) in [6, 6.07) is 8.63. The highest BCUT2D eigenvalue weighted by Crippen LogP contribution is 2.23. The lowest BCUT2D eigenvalue weighted by Gasteiger charge is -2.04. The lowest BCUT2D eigenvalue weighted by atomic mass is 10.2. The van der Waals surface area contributed by atoms with Gasteiger partial charge in [0.05, 0.1) is 5.69 Å². The van der Waals surface area contributed by atoms with Gasteiger partial charge < -0.3 is 14.8 Å². The molecule has 1 aromatic heterocycles. The van der Waals surface area contributed by atoms with Crippen molar-refractivity contribution in [2.45, 2.75) is 13.8 Å². The van der Waals surface area contributed by atoms with E-state index in [2.05, 4.69) is 5.32 Å². The maximum Gasteiger partial charge on any atom is 0.222 e. The first-order valence-corrected chi connectivity index (χ1v) is 5.90. The van der Waals surface area contributed by atoms with Gasteiger partial charge in [0.15, 0.2) is 5.76 Å². The van der Waals surface area contributed by atoms with E-state index in [0.29, 0.717) is 17.2 Å². The fraction of sp³-hybridized carbons (Fsp3) is 0.133. The summed E-state index contributed by atoms with van der Waals surface area (Å²) in [6.07, 6.45) is 2.84. The fourth-order valence-electron chi connectivity index (χ4n) is 1.62. The minimum atomic E-state index is -0.229. The van der Waals surface area contributed by atoms with Crippen LogP contribution >= 0.6 is 0 Å². The molecule has 0 fully saturated rings. The molecule has 0 unspecified atom stereocenters. The summed E-state index contributed by atoms with van der Waals surface area (Å²) in [4.78, 5) is 11.7. The Morgan fingerprint density at radius 1 is 1.26 bits per heavy atom. The van der Waals surface area contributed by atoms with Crippen LogP contribution in [0.4, 0.5) is 5.69 Å². The number of aromatic hydroxyl groups is 1. The Bertz CT molecular complexity index is 626. The molecule has 0 saturated heterocycles. The number of aryl methyl sites for hydroxylation is 2. The van der Waals surface area contributed by atoms with Crippen LogP contribution in [-0.4, -0.2) is 10.9 Å². The number of phenols is 1. The van der Waals surface area contributed by atoms with Crippen LogP contribution in [0.5, 0.6) is 5.75 Å². The fourth-order valence-corrected chi connectivity index (χ4v) is 1.62. The monoisotopic (exact) mass is 257 g/mol. The highest BCUT2D eigenvalue weighted by atomic mass is 16.3. The van der Waals surface area contributed by atoms with Crippen molar-refractivity contribution in [2.75, 3.05) is 5.32 Å². The average Bonchev–Trinajstić information content (AvgIpc) is 2.78. The number of furan rings is 1. The molecule has 98 valence electrons. The Labute approximate surface area is 111 Å². The molecule has 1 aromatic carbocycles. The Kier molecular flexibility index (Phi) is 3.71. The van der Waals surface area contributed by atoms with Crippen molar-refractivity contribution in [1.82, 2.24) is 0 Å². The number of benzene rings is 1. The maximum absolute atomic E-state index is 11.7. The molecule has 2 N–H and O–H groups in total. The molecule has 0 radical (unpaired) electrons. The quantitative estimate of drug-likeness (QED) is 0.500. The van der Waals surface area contributed by atoms with Gasteiger partial charge in [-0.05, 0) is 43.7 Å². The van der Waals surface area contributed by atoms with Crippen molar-refractivity contribution in [3.8, 4) is 5.75 Å². The number of carbonyl (C=O) groups excluding carboxylic acids is 1. The summed E-state index contributed by atoms with van der Waals surface area (Å²) in [7, 11) is 0. The van der Waals surface area contributed by atoms with E-state index in [0.717, 1.165) is 5.56 Å². The van der Waals surface area contributed by atoms with Crippen molar-refractivity contribution in [2.24, 2.45) is 0 Å². The Hall–Kier alpha value is -2.49. The van der Waals surface area contributed by atoms with Gasteiger partial charge in [0.2, 0.25) is 5.78 Å². The van der Waals surface area contributed by atoms with Crippen LogP contribution in [0.25, 0.3) is 0 Å². The van der Waals surface area contributed by atoms with E-state index in [1.165, 1.54) is 12.3 Å². The molecule has 0 spiro atoms. The largest absolute Gasteiger partial charge is 0.506 e. The van der Waals surface area contributed by atoms with E-state index in [4.69, 9.17) is 4.42 Å². The van der Waals surface area contributed by atoms with Gasteiger partial charge in [0.1, 0.15) is 11.5 Å². The van der Waals surface area contributed by atoms with Crippen LogP contribution in [0, 0.1) is 13.8 Å². The number of anilines is 1. The number of hydrogen-bond donors (Lipinski definition) is 2. The molecule has 4 nitrogen and oxygen atoms in total. The topological polar surface area (TPSA) is 62.5 Å². The highest BCUT2D eigenvalue weighted by Gasteiger charge is 2.05. The minimum absolute atomic E-state index is 0.144. The van der Waals surface area contributed by atoms with Crippen molar-refractivity contribution in [3.05, 3.63) is 59.7 Å². The van der Waals surface area contributed by atoms with Crippen molar-refractivity contribution in [1.29, 1.82) is 0 Å². The first-order valence-electron chi connectivity index (χ1n) is 5.90. The van der Waals surface area contributed by atoms with Gasteiger partial charge in [-0.15, -0.1) is 0 Å². The third-order valence-electron chi connectivity index (χ3n) is 2.61. The summed E-state index contributed by atoms with van der Waals surface area (Å²) in [6.45, 7) is 3.67. The predicted octanol–water partition coefficient (Wildman–Crippen LogP) is 3.41. The molecule has 19 heavy (non-hydrogen) atoms. The number of allylic oxidation sites excluding steroid dienone is 1. The molecule has 0 aliphatic heterocycles. The second kappa shape index (κ2) is 5.44. The van der Waals surface area contributed by atoms with Gasteiger partial charge in [0.25, 0.3) is 0 Å². The zero-order valence-electron chi connectivity index (χ0n) is 10.8. The average molecular weight is 257 g/mol. The van der Waals surface area contributed by atoms with Gasteiger partial charge in [0, 0.05) is 12.3 Å². The predicted molar refractivity (Wildman–Crippen MR) is 73.4 cm³/mol. The van der Waals surface area contributed by atoms with Gasteiger partial charge in [-0.2, -0.15) is 0 Å². The second-order valence-electron chi connectivity index (χ2n) is 4.27. The zero-order chi connectivity index (χ0) is 13.8. The third-order valence-corrected chi connectivity index (χ3v) is 2.61. The second-order valence-corrected chi connectivity index (χ2v) is 4.27. The highest BCUT2D eigenvalue weighted by molar-refractivity contribution is 6.02. The molecule has 0 amide bonds. The molecule has 0 bridgehead atoms. The lowest BCUT2D eigenvalue weighted by molar-refractivity contribution is 0.102. The van der Waals surface area contributed by atoms with Gasteiger partial charge in [-0.25, -0.2) is 0 Å². The number of hydrogen-bond acceptors (Lipinski definition) is 4.